The molecule has 0 saturated heterocycles. The molecule has 0 bridgehead atoms. The largest absolute Gasteiger partial charge is 1.00 e. The number of rotatable bonds is 2. The molecule has 0 aliphatic heterocycles. The fourth-order valence-corrected chi connectivity index (χ4v) is 0.877. The Bertz CT molecular complexity index is 316. The average Bonchev–Trinajstić information content (AvgIpc) is 2.03. The van der Waals surface area contributed by atoms with Crippen LogP contribution in [-0.2, 0) is 5.60 Å². The van der Waals surface area contributed by atoms with E-state index in [0.717, 1.165) is 0 Å². The summed E-state index contributed by atoms with van der Waals surface area (Å²) in [6.45, 7) is 3.15. The van der Waals surface area contributed by atoms with Gasteiger partial charge in [0.25, 0.3) is 0 Å². The first kappa shape index (κ1) is 13.6. The summed E-state index contributed by atoms with van der Waals surface area (Å²) >= 11 is 0. The Kier molecular flexibility index (Phi) is 4.74. The number of carbonyl (C=O) groups excluding carboxylic acids is 1. The van der Waals surface area contributed by atoms with Gasteiger partial charge >= 0.3 is 29.6 Å². The van der Waals surface area contributed by atoms with Crippen molar-refractivity contribution >= 4 is 5.97 Å². The van der Waals surface area contributed by atoms with Gasteiger partial charge in [0.2, 0.25) is 0 Å². The third-order valence-electron chi connectivity index (χ3n) is 1.63. The van der Waals surface area contributed by atoms with Crippen LogP contribution in [0.4, 0.5) is 0 Å². The molecule has 70 valence electrons. The summed E-state index contributed by atoms with van der Waals surface area (Å²) in [4.78, 5) is 14.1. The van der Waals surface area contributed by atoms with Crippen LogP contribution >= 0.6 is 0 Å². The predicted octanol–water partition coefficient (Wildman–Crippen LogP) is -3.32. The molecule has 1 aromatic rings. The number of carboxylic acids is 1. The number of aromatic nitrogens is 1. The zero-order chi connectivity index (χ0) is 10.1. The molecule has 0 amide bonds. The summed E-state index contributed by atoms with van der Waals surface area (Å²) in [5.41, 5.74) is -0.615. The maximum Gasteiger partial charge on any atom is 1.00 e. The van der Waals surface area contributed by atoms with Gasteiger partial charge in [-0.25, -0.2) is 0 Å². The molecule has 0 fully saturated rings. The van der Waals surface area contributed by atoms with Crippen molar-refractivity contribution in [3.05, 3.63) is 29.6 Å². The summed E-state index contributed by atoms with van der Waals surface area (Å²) in [7, 11) is 0. The zero-order valence-corrected chi connectivity index (χ0v) is 10.4. The Balaban J connectivity index is 0.00000169. The summed E-state index contributed by atoms with van der Waals surface area (Å²) in [6.07, 6.45) is 1.17. The van der Waals surface area contributed by atoms with E-state index in [1.807, 2.05) is 0 Å². The van der Waals surface area contributed by atoms with Crippen LogP contribution in [0.5, 0.6) is 0 Å². The maximum atomic E-state index is 10.3. The minimum absolute atomic E-state index is 0. The molecule has 0 saturated carbocycles. The van der Waals surface area contributed by atoms with Crippen LogP contribution in [-0.4, -0.2) is 16.1 Å². The quantitative estimate of drug-likeness (QED) is 0.510. The maximum absolute atomic E-state index is 10.3. The van der Waals surface area contributed by atoms with Gasteiger partial charge in [-0.05, 0) is 26.0 Å². The van der Waals surface area contributed by atoms with Crippen molar-refractivity contribution < 1.29 is 44.6 Å². The minimum Gasteiger partial charge on any atom is -0.545 e. The van der Waals surface area contributed by atoms with E-state index in [-0.39, 0.29) is 35.1 Å². The van der Waals surface area contributed by atoms with E-state index in [2.05, 4.69) is 4.98 Å². The molecule has 0 aliphatic rings. The molecule has 1 N–H and O–H groups in total. The molecule has 4 nitrogen and oxygen atoms in total. The summed E-state index contributed by atoms with van der Waals surface area (Å²) in [5, 5.41) is 19.8. The second-order valence-corrected chi connectivity index (χ2v) is 3.28. The number of nitrogens with zero attached hydrogens (tertiary/aromatic N) is 1. The van der Waals surface area contributed by atoms with Crippen molar-refractivity contribution in [1.82, 2.24) is 4.98 Å². The van der Waals surface area contributed by atoms with Crippen LogP contribution in [0.25, 0.3) is 0 Å². The molecule has 1 rings (SSSR count). The number of carboxylic acid groups (broad SMARTS) is 1. The van der Waals surface area contributed by atoms with Gasteiger partial charge in [0.05, 0.1) is 11.7 Å². The third-order valence-corrected chi connectivity index (χ3v) is 1.63. The van der Waals surface area contributed by atoms with Crippen LogP contribution in [0.15, 0.2) is 18.3 Å². The topological polar surface area (TPSA) is 73.2 Å². The zero-order valence-electron chi connectivity index (χ0n) is 8.44. The molecule has 0 radical (unpaired) electrons. The summed E-state index contributed by atoms with van der Waals surface area (Å²) in [5.74, 6) is -1.27. The van der Waals surface area contributed by atoms with E-state index in [0.29, 0.717) is 5.69 Å². The predicted molar refractivity (Wildman–Crippen MR) is 43.8 cm³/mol. The first-order valence-electron chi connectivity index (χ1n) is 3.81. The summed E-state index contributed by atoms with van der Waals surface area (Å²) in [6, 6.07) is 2.82. The number of aliphatic hydroxyl groups is 1. The third kappa shape index (κ3) is 3.38. The van der Waals surface area contributed by atoms with E-state index in [1.165, 1.54) is 18.3 Å². The molecule has 5 heteroatoms. The Morgan fingerprint density at radius 1 is 1.50 bits per heavy atom. The van der Waals surface area contributed by atoms with Gasteiger partial charge in [0, 0.05) is 11.8 Å². The van der Waals surface area contributed by atoms with E-state index in [1.54, 1.807) is 13.8 Å². The van der Waals surface area contributed by atoms with Gasteiger partial charge in [-0.1, -0.05) is 0 Å². The molecule has 0 unspecified atom stereocenters. The second-order valence-electron chi connectivity index (χ2n) is 3.28. The molecule has 0 spiro atoms. The van der Waals surface area contributed by atoms with Crippen LogP contribution in [0.1, 0.15) is 29.9 Å². The van der Waals surface area contributed by atoms with Crippen LogP contribution in [0.3, 0.4) is 0 Å². The number of pyridine rings is 1. The van der Waals surface area contributed by atoms with Crippen LogP contribution in [0.2, 0.25) is 0 Å². The Hall–Kier alpha value is -0.420. The Labute approximate surface area is 104 Å². The van der Waals surface area contributed by atoms with Crippen molar-refractivity contribution in [3.8, 4) is 0 Å². The minimum atomic E-state index is -1.27. The first-order valence-corrected chi connectivity index (χ1v) is 3.81. The van der Waals surface area contributed by atoms with Crippen molar-refractivity contribution in [1.29, 1.82) is 0 Å². The van der Waals surface area contributed by atoms with Crippen molar-refractivity contribution in [2.75, 3.05) is 0 Å². The molecule has 0 atom stereocenters. The number of hydrogen-bond donors (Lipinski definition) is 1. The molecule has 14 heavy (non-hydrogen) atoms. The van der Waals surface area contributed by atoms with Crippen molar-refractivity contribution in [2.45, 2.75) is 19.4 Å². The fourth-order valence-electron chi connectivity index (χ4n) is 0.877. The first-order chi connectivity index (χ1) is 5.91. The second kappa shape index (κ2) is 4.89. The van der Waals surface area contributed by atoms with E-state index in [9.17, 15) is 15.0 Å². The fraction of sp³-hybridized carbons (Fsp3) is 0.333. The van der Waals surface area contributed by atoms with Gasteiger partial charge in [-0.2, -0.15) is 0 Å². The van der Waals surface area contributed by atoms with Gasteiger partial charge < -0.3 is 15.0 Å². The SMILES string of the molecule is CC(C)(O)c1ccc(C(=O)[O-])cn1.[Na+]. The van der Waals surface area contributed by atoms with Gasteiger partial charge in [0.1, 0.15) is 5.60 Å². The van der Waals surface area contributed by atoms with Crippen LogP contribution < -0.4 is 34.7 Å². The Morgan fingerprint density at radius 2 is 2.07 bits per heavy atom. The monoisotopic (exact) mass is 203 g/mol. The number of carbonyl (C=O) groups is 1. The molecule has 1 heterocycles. The van der Waals surface area contributed by atoms with Crippen molar-refractivity contribution in [2.24, 2.45) is 0 Å². The molecule has 1 aromatic heterocycles. The summed E-state index contributed by atoms with van der Waals surface area (Å²) < 4.78 is 0. The number of aromatic carboxylic acids is 1. The van der Waals surface area contributed by atoms with Gasteiger partial charge in [0.15, 0.2) is 0 Å². The molecular weight excluding hydrogens is 193 g/mol. The normalized spacial score (nSPS) is 10.5. The average molecular weight is 203 g/mol. The molecular formula is C9H10NNaO3. The van der Waals surface area contributed by atoms with Gasteiger partial charge in [-0.3, -0.25) is 4.98 Å². The Morgan fingerprint density at radius 3 is 2.36 bits per heavy atom. The molecule has 0 aliphatic carbocycles. The van der Waals surface area contributed by atoms with E-state index < -0.39 is 11.6 Å². The standard InChI is InChI=1S/C9H11NO3.Na/c1-9(2,13)7-4-3-6(5-10-7)8(11)12;/h3-5,13H,1-2H3,(H,11,12);/q;+1/p-1. The van der Waals surface area contributed by atoms with Crippen molar-refractivity contribution in [3.63, 3.8) is 0 Å². The van der Waals surface area contributed by atoms with Gasteiger partial charge in [-0.15, -0.1) is 0 Å². The molecule has 0 aromatic carbocycles. The van der Waals surface area contributed by atoms with Crippen LogP contribution in [0, 0.1) is 0 Å². The van der Waals surface area contributed by atoms with E-state index in [4.69, 9.17) is 0 Å². The number of hydrogen-bond acceptors (Lipinski definition) is 4. The van der Waals surface area contributed by atoms with E-state index >= 15 is 0 Å². The smallest absolute Gasteiger partial charge is 0.545 e.